The summed E-state index contributed by atoms with van der Waals surface area (Å²) >= 11 is 0. The van der Waals surface area contributed by atoms with E-state index in [0.29, 0.717) is 13.0 Å². The lowest BCUT2D eigenvalue weighted by Gasteiger charge is -2.14. The molecule has 0 heterocycles. The molecule has 0 saturated heterocycles. The highest BCUT2D eigenvalue weighted by molar-refractivity contribution is 5.85. The van der Waals surface area contributed by atoms with Crippen LogP contribution in [0.4, 0.5) is 5.69 Å². The number of nitrogens with zero attached hydrogens (tertiary/aromatic N) is 1. The second-order valence-corrected chi connectivity index (χ2v) is 4.11. The summed E-state index contributed by atoms with van der Waals surface area (Å²) in [7, 11) is 3.95. The molecule has 0 radical (unpaired) electrons. The van der Waals surface area contributed by atoms with Gasteiger partial charge >= 0.3 is 5.97 Å². The topological polar surface area (TPSA) is 49.8 Å². The lowest BCUT2D eigenvalue weighted by Crippen LogP contribution is -2.22. The Morgan fingerprint density at radius 2 is 1.79 bits per heavy atom. The Morgan fingerprint density at radius 1 is 1.26 bits per heavy atom. The van der Waals surface area contributed by atoms with Crippen LogP contribution in [0.15, 0.2) is 24.3 Å². The SMILES string of the molecule is CCC(OCc1ccc(N(C)C)cc1)C(=O)O.Cl.Cl. The third kappa shape index (κ3) is 6.66. The van der Waals surface area contributed by atoms with Crippen LogP contribution in [0, 0.1) is 0 Å². The van der Waals surface area contributed by atoms with Gasteiger partial charge in [0.1, 0.15) is 0 Å². The first kappa shape index (κ1) is 20.3. The fourth-order valence-corrected chi connectivity index (χ4v) is 1.45. The van der Waals surface area contributed by atoms with E-state index in [1.807, 2.05) is 43.3 Å². The summed E-state index contributed by atoms with van der Waals surface area (Å²) in [6, 6.07) is 7.87. The molecule has 0 spiro atoms. The average molecular weight is 310 g/mol. The van der Waals surface area contributed by atoms with Crippen molar-refractivity contribution >= 4 is 36.5 Å². The van der Waals surface area contributed by atoms with Gasteiger partial charge in [0, 0.05) is 19.8 Å². The van der Waals surface area contributed by atoms with E-state index in [1.54, 1.807) is 6.92 Å². The molecular formula is C13H21Cl2NO3. The van der Waals surface area contributed by atoms with Gasteiger partial charge in [0.2, 0.25) is 0 Å². The van der Waals surface area contributed by atoms with Crippen molar-refractivity contribution in [2.24, 2.45) is 0 Å². The number of carboxylic acid groups (broad SMARTS) is 1. The van der Waals surface area contributed by atoms with Gasteiger partial charge in [0.25, 0.3) is 0 Å². The molecule has 0 aliphatic carbocycles. The predicted octanol–water partition coefficient (Wildman–Crippen LogP) is 2.98. The van der Waals surface area contributed by atoms with E-state index in [9.17, 15) is 4.79 Å². The summed E-state index contributed by atoms with van der Waals surface area (Å²) in [5.41, 5.74) is 2.09. The van der Waals surface area contributed by atoms with Crippen molar-refractivity contribution in [3.63, 3.8) is 0 Å². The number of benzene rings is 1. The van der Waals surface area contributed by atoms with E-state index in [1.165, 1.54) is 0 Å². The van der Waals surface area contributed by atoms with E-state index in [0.717, 1.165) is 11.3 Å². The van der Waals surface area contributed by atoms with Crippen LogP contribution in [0.25, 0.3) is 0 Å². The minimum absolute atomic E-state index is 0. The van der Waals surface area contributed by atoms with Crippen LogP contribution in [-0.2, 0) is 16.1 Å². The minimum Gasteiger partial charge on any atom is -0.479 e. The minimum atomic E-state index is -0.905. The second-order valence-electron chi connectivity index (χ2n) is 4.11. The highest BCUT2D eigenvalue weighted by Crippen LogP contribution is 2.13. The molecule has 1 aromatic carbocycles. The number of carbonyl (C=O) groups is 1. The molecule has 1 unspecified atom stereocenters. The van der Waals surface area contributed by atoms with Gasteiger partial charge in [0.15, 0.2) is 6.10 Å². The maximum atomic E-state index is 10.8. The highest BCUT2D eigenvalue weighted by Gasteiger charge is 2.14. The second kappa shape index (κ2) is 9.89. The summed E-state index contributed by atoms with van der Waals surface area (Å²) in [5.74, 6) is -0.905. The average Bonchev–Trinajstić information content (AvgIpc) is 2.30. The summed E-state index contributed by atoms with van der Waals surface area (Å²) < 4.78 is 5.33. The van der Waals surface area contributed by atoms with E-state index in [2.05, 4.69) is 0 Å². The molecular weight excluding hydrogens is 289 g/mol. The lowest BCUT2D eigenvalue weighted by molar-refractivity contribution is -0.151. The molecule has 1 atom stereocenters. The third-order valence-corrected chi connectivity index (χ3v) is 2.55. The van der Waals surface area contributed by atoms with Crippen molar-refractivity contribution < 1.29 is 14.6 Å². The highest BCUT2D eigenvalue weighted by atomic mass is 35.5. The Morgan fingerprint density at radius 3 is 2.16 bits per heavy atom. The molecule has 0 amide bonds. The van der Waals surface area contributed by atoms with Crippen LogP contribution in [0.2, 0.25) is 0 Å². The molecule has 110 valence electrons. The maximum Gasteiger partial charge on any atom is 0.332 e. The molecule has 19 heavy (non-hydrogen) atoms. The Balaban J connectivity index is 0. The predicted molar refractivity (Wildman–Crippen MR) is 81.8 cm³/mol. The van der Waals surface area contributed by atoms with Gasteiger partial charge in [-0.05, 0) is 24.1 Å². The zero-order chi connectivity index (χ0) is 12.8. The zero-order valence-corrected chi connectivity index (χ0v) is 13.0. The quantitative estimate of drug-likeness (QED) is 0.877. The number of anilines is 1. The monoisotopic (exact) mass is 309 g/mol. The van der Waals surface area contributed by atoms with Crippen LogP contribution < -0.4 is 4.90 Å². The van der Waals surface area contributed by atoms with Crippen molar-refractivity contribution in [2.45, 2.75) is 26.1 Å². The number of rotatable bonds is 6. The first-order valence-electron chi connectivity index (χ1n) is 5.65. The molecule has 1 N–H and O–H groups in total. The number of hydrogen-bond acceptors (Lipinski definition) is 3. The number of carboxylic acids is 1. The molecule has 0 aliphatic heterocycles. The molecule has 0 aromatic heterocycles. The van der Waals surface area contributed by atoms with Gasteiger partial charge < -0.3 is 14.7 Å². The van der Waals surface area contributed by atoms with Crippen LogP contribution in [0.5, 0.6) is 0 Å². The van der Waals surface area contributed by atoms with E-state index in [-0.39, 0.29) is 24.8 Å². The molecule has 1 aromatic rings. The fraction of sp³-hybridized carbons (Fsp3) is 0.462. The van der Waals surface area contributed by atoms with E-state index >= 15 is 0 Å². The van der Waals surface area contributed by atoms with Crippen LogP contribution in [-0.4, -0.2) is 31.3 Å². The fourth-order valence-electron chi connectivity index (χ4n) is 1.45. The zero-order valence-electron chi connectivity index (χ0n) is 11.3. The number of halogens is 2. The Kier molecular flexibility index (Phi) is 10.6. The Hall–Kier alpha value is -0.970. The summed E-state index contributed by atoms with van der Waals surface area (Å²) in [6.07, 6.45) is -0.242. The van der Waals surface area contributed by atoms with Gasteiger partial charge in [-0.25, -0.2) is 4.79 Å². The molecule has 0 bridgehead atoms. The Bertz CT molecular complexity index is 369. The third-order valence-electron chi connectivity index (χ3n) is 2.55. The standard InChI is InChI=1S/C13H19NO3.2ClH/c1-4-12(13(15)16)17-9-10-5-7-11(8-6-10)14(2)3;;/h5-8,12H,4,9H2,1-3H3,(H,15,16);2*1H. The summed E-state index contributed by atoms with van der Waals surface area (Å²) in [6.45, 7) is 2.13. The number of aliphatic carboxylic acids is 1. The molecule has 4 nitrogen and oxygen atoms in total. The van der Waals surface area contributed by atoms with Gasteiger partial charge in [-0.15, -0.1) is 24.8 Å². The first-order chi connectivity index (χ1) is 8.04. The van der Waals surface area contributed by atoms with Gasteiger partial charge in [-0.1, -0.05) is 19.1 Å². The molecule has 0 saturated carbocycles. The van der Waals surface area contributed by atoms with E-state index < -0.39 is 12.1 Å². The molecule has 0 aliphatic rings. The van der Waals surface area contributed by atoms with Crippen molar-refractivity contribution in [3.05, 3.63) is 29.8 Å². The Labute approximate surface area is 126 Å². The largest absolute Gasteiger partial charge is 0.479 e. The molecule has 6 heteroatoms. The van der Waals surface area contributed by atoms with Crippen molar-refractivity contribution in [1.29, 1.82) is 0 Å². The van der Waals surface area contributed by atoms with Crippen LogP contribution >= 0.6 is 24.8 Å². The van der Waals surface area contributed by atoms with Gasteiger partial charge in [0.05, 0.1) is 6.61 Å². The van der Waals surface area contributed by atoms with Gasteiger partial charge in [-0.3, -0.25) is 0 Å². The lowest BCUT2D eigenvalue weighted by atomic mass is 10.2. The summed E-state index contributed by atoms with van der Waals surface area (Å²) in [5, 5.41) is 8.84. The van der Waals surface area contributed by atoms with Gasteiger partial charge in [-0.2, -0.15) is 0 Å². The van der Waals surface area contributed by atoms with E-state index in [4.69, 9.17) is 9.84 Å². The molecule has 0 fully saturated rings. The van der Waals surface area contributed by atoms with Crippen molar-refractivity contribution in [2.75, 3.05) is 19.0 Å². The maximum absolute atomic E-state index is 10.8. The van der Waals surface area contributed by atoms with Crippen molar-refractivity contribution in [1.82, 2.24) is 0 Å². The van der Waals surface area contributed by atoms with Crippen LogP contribution in [0.1, 0.15) is 18.9 Å². The normalized spacial score (nSPS) is 10.9. The number of ether oxygens (including phenoxy) is 1. The first-order valence-corrected chi connectivity index (χ1v) is 5.65. The van der Waals surface area contributed by atoms with Crippen LogP contribution in [0.3, 0.4) is 0 Å². The van der Waals surface area contributed by atoms with Crippen molar-refractivity contribution in [3.8, 4) is 0 Å². The number of hydrogen-bond donors (Lipinski definition) is 1. The molecule has 1 rings (SSSR count). The summed E-state index contributed by atoms with van der Waals surface area (Å²) in [4.78, 5) is 12.8. The smallest absolute Gasteiger partial charge is 0.332 e.